The van der Waals surface area contributed by atoms with Gasteiger partial charge in [0.2, 0.25) is 5.91 Å². The van der Waals surface area contributed by atoms with E-state index in [9.17, 15) is 20.1 Å². The first-order chi connectivity index (χ1) is 18.1. The van der Waals surface area contributed by atoms with E-state index >= 15 is 0 Å². The van der Waals surface area contributed by atoms with E-state index in [0.717, 1.165) is 38.5 Å². The number of nitrogens with one attached hydrogen (secondary N) is 1. The molecule has 4 N–H and O–H groups in total. The molecule has 0 aliphatic carbocycles. The smallest absolute Gasteiger partial charge is 0.220 e. The number of unbranched alkanes of at least 4 members (excludes halogenated alkanes) is 21. The lowest BCUT2D eigenvalue weighted by atomic mass is 9.99. The maximum absolute atomic E-state index is 12.3. The fraction of sp³-hybridized carbons (Fsp3) is 0.969. The number of rotatable bonds is 29. The summed E-state index contributed by atoms with van der Waals surface area (Å²) in [6, 6.07) is -0.799. The molecule has 0 saturated carbocycles. The quantitative estimate of drug-likeness (QED) is 0.0742. The van der Waals surface area contributed by atoms with Crippen LogP contribution in [0.5, 0.6) is 0 Å². The molecule has 222 valence electrons. The molecule has 0 aromatic heterocycles. The average Bonchev–Trinajstić information content (AvgIpc) is 2.90. The normalized spacial score (nSPS) is 14.0. The van der Waals surface area contributed by atoms with Gasteiger partial charge in [-0.3, -0.25) is 4.79 Å². The number of aliphatic hydroxyl groups excluding tert-OH is 3. The van der Waals surface area contributed by atoms with Crippen LogP contribution in [0.4, 0.5) is 0 Å². The molecule has 3 atom stereocenters. The topological polar surface area (TPSA) is 89.8 Å². The first-order valence-corrected chi connectivity index (χ1v) is 16.3. The predicted molar refractivity (Wildman–Crippen MR) is 158 cm³/mol. The molecule has 5 heteroatoms. The third-order valence-electron chi connectivity index (χ3n) is 7.71. The Bertz CT molecular complexity index is 474. The highest BCUT2D eigenvalue weighted by Crippen LogP contribution is 2.15. The van der Waals surface area contributed by atoms with Crippen LogP contribution in [0.3, 0.4) is 0 Å². The maximum Gasteiger partial charge on any atom is 0.220 e. The molecular formula is C32H65NO4. The summed E-state index contributed by atoms with van der Waals surface area (Å²) in [5.74, 6) is -0.147. The number of carbonyl (C=O) groups is 1. The van der Waals surface area contributed by atoms with Gasteiger partial charge in [-0.25, -0.2) is 0 Å². The standard InChI is InChI=1S/C32H65NO4/c1-3-5-7-9-11-13-15-17-18-20-22-24-26-30(35)32(37)29(28-34)33-31(36)27-25-23-21-19-16-14-12-10-8-6-4-2/h29-30,32,34-35,37H,3-28H2,1-2H3,(H,33,36)/t29-,30+,32+/m0/s1. The van der Waals surface area contributed by atoms with Gasteiger partial charge >= 0.3 is 0 Å². The van der Waals surface area contributed by atoms with Crippen molar-refractivity contribution in [2.24, 2.45) is 0 Å². The Morgan fingerprint density at radius 1 is 0.568 bits per heavy atom. The van der Waals surface area contributed by atoms with Crippen molar-refractivity contribution in [3.8, 4) is 0 Å². The van der Waals surface area contributed by atoms with Crippen LogP contribution in [0.2, 0.25) is 0 Å². The number of amides is 1. The summed E-state index contributed by atoms with van der Waals surface area (Å²) in [7, 11) is 0. The SMILES string of the molecule is CCCCCCCCCCCCCC[C@@H](O)[C@H](O)[C@H](CO)NC(=O)CCCCCCCCCCCCC. The van der Waals surface area contributed by atoms with Crippen LogP contribution in [0.25, 0.3) is 0 Å². The van der Waals surface area contributed by atoms with E-state index in [1.54, 1.807) is 0 Å². The number of carbonyl (C=O) groups excluding carboxylic acids is 1. The molecule has 0 aliphatic rings. The largest absolute Gasteiger partial charge is 0.394 e. The molecule has 37 heavy (non-hydrogen) atoms. The van der Waals surface area contributed by atoms with Gasteiger partial charge in [-0.05, 0) is 12.8 Å². The van der Waals surface area contributed by atoms with Gasteiger partial charge < -0.3 is 20.6 Å². The molecular weight excluding hydrogens is 462 g/mol. The van der Waals surface area contributed by atoms with Gasteiger partial charge in [0.25, 0.3) is 0 Å². The van der Waals surface area contributed by atoms with Crippen molar-refractivity contribution in [2.45, 2.75) is 193 Å². The summed E-state index contributed by atoms with van der Waals surface area (Å²) in [4.78, 5) is 12.3. The molecule has 0 unspecified atom stereocenters. The van der Waals surface area contributed by atoms with E-state index in [-0.39, 0.29) is 12.5 Å². The van der Waals surface area contributed by atoms with Gasteiger partial charge in [0.15, 0.2) is 0 Å². The summed E-state index contributed by atoms with van der Waals surface area (Å²) < 4.78 is 0. The van der Waals surface area contributed by atoms with Gasteiger partial charge in [-0.15, -0.1) is 0 Å². The van der Waals surface area contributed by atoms with Gasteiger partial charge in [0.05, 0.1) is 18.8 Å². The Morgan fingerprint density at radius 2 is 0.919 bits per heavy atom. The zero-order valence-electron chi connectivity index (χ0n) is 24.9. The summed E-state index contributed by atoms with van der Waals surface area (Å²) >= 11 is 0. The molecule has 5 nitrogen and oxygen atoms in total. The molecule has 0 spiro atoms. The fourth-order valence-electron chi connectivity index (χ4n) is 5.10. The summed E-state index contributed by atoms with van der Waals surface area (Å²) in [6.07, 6.45) is 27.5. The van der Waals surface area contributed by atoms with Crippen LogP contribution in [0, 0.1) is 0 Å². The van der Waals surface area contributed by atoms with Gasteiger partial charge in [0, 0.05) is 6.42 Å². The first kappa shape index (κ1) is 36.4. The van der Waals surface area contributed by atoms with Crippen molar-refractivity contribution < 1.29 is 20.1 Å². The minimum absolute atomic E-state index is 0.147. The predicted octanol–water partition coefficient (Wildman–Crippen LogP) is 7.98. The molecule has 0 saturated heterocycles. The monoisotopic (exact) mass is 527 g/mol. The summed E-state index contributed by atoms with van der Waals surface area (Å²) in [6.45, 7) is 4.14. The molecule has 0 bridgehead atoms. The Labute approximate surface area is 230 Å². The van der Waals surface area contributed by atoms with Crippen molar-refractivity contribution in [2.75, 3.05) is 6.61 Å². The molecule has 0 aromatic carbocycles. The zero-order chi connectivity index (χ0) is 27.4. The molecule has 0 fully saturated rings. The molecule has 0 heterocycles. The van der Waals surface area contributed by atoms with E-state index in [1.807, 2.05) is 0 Å². The van der Waals surface area contributed by atoms with E-state index in [0.29, 0.717) is 12.8 Å². The van der Waals surface area contributed by atoms with Gasteiger partial charge in [-0.2, -0.15) is 0 Å². The summed E-state index contributed by atoms with van der Waals surface area (Å²) in [5.41, 5.74) is 0. The minimum atomic E-state index is -1.13. The lowest BCUT2D eigenvalue weighted by Gasteiger charge is -2.26. The second-order valence-corrected chi connectivity index (χ2v) is 11.4. The highest BCUT2D eigenvalue weighted by Gasteiger charge is 2.26. The van der Waals surface area contributed by atoms with Crippen molar-refractivity contribution >= 4 is 5.91 Å². The Balaban J connectivity index is 3.72. The van der Waals surface area contributed by atoms with Crippen molar-refractivity contribution in [3.05, 3.63) is 0 Å². The lowest BCUT2D eigenvalue weighted by molar-refractivity contribution is -0.124. The molecule has 0 rings (SSSR count). The van der Waals surface area contributed by atoms with E-state index in [2.05, 4.69) is 19.2 Å². The molecule has 0 radical (unpaired) electrons. The Hall–Kier alpha value is -0.650. The van der Waals surface area contributed by atoms with E-state index < -0.39 is 18.2 Å². The highest BCUT2D eigenvalue weighted by atomic mass is 16.3. The third kappa shape index (κ3) is 24.1. The first-order valence-electron chi connectivity index (χ1n) is 16.3. The van der Waals surface area contributed by atoms with Crippen LogP contribution in [0.1, 0.15) is 174 Å². The second kappa shape index (κ2) is 28.4. The fourth-order valence-corrected chi connectivity index (χ4v) is 5.10. The van der Waals surface area contributed by atoms with Crippen LogP contribution in [-0.2, 0) is 4.79 Å². The second-order valence-electron chi connectivity index (χ2n) is 11.4. The maximum atomic E-state index is 12.3. The number of aliphatic hydroxyl groups is 3. The Morgan fingerprint density at radius 3 is 1.30 bits per heavy atom. The van der Waals surface area contributed by atoms with Crippen LogP contribution in [-0.4, -0.2) is 46.1 Å². The Kier molecular flexibility index (Phi) is 27.9. The lowest BCUT2D eigenvalue weighted by Crippen LogP contribution is -2.50. The van der Waals surface area contributed by atoms with Gasteiger partial charge in [0.1, 0.15) is 6.10 Å². The van der Waals surface area contributed by atoms with Crippen molar-refractivity contribution in [1.82, 2.24) is 5.32 Å². The van der Waals surface area contributed by atoms with Crippen molar-refractivity contribution in [1.29, 1.82) is 0 Å². The number of hydrogen-bond acceptors (Lipinski definition) is 4. The molecule has 0 aliphatic heterocycles. The molecule has 1 amide bonds. The number of hydrogen-bond donors (Lipinski definition) is 4. The average molecular weight is 528 g/mol. The van der Waals surface area contributed by atoms with Crippen LogP contribution >= 0.6 is 0 Å². The zero-order valence-corrected chi connectivity index (χ0v) is 24.9. The van der Waals surface area contributed by atoms with Crippen molar-refractivity contribution in [3.63, 3.8) is 0 Å². The van der Waals surface area contributed by atoms with Crippen LogP contribution < -0.4 is 5.32 Å². The molecule has 0 aromatic rings. The van der Waals surface area contributed by atoms with E-state index in [1.165, 1.54) is 109 Å². The third-order valence-corrected chi connectivity index (χ3v) is 7.71. The van der Waals surface area contributed by atoms with E-state index in [4.69, 9.17) is 0 Å². The minimum Gasteiger partial charge on any atom is -0.394 e. The highest BCUT2D eigenvalue weighted by molar-refractivity contribution is 5.76. The summed E-state index contributed by atoms with van der Waals surface area (Å²) in [5, 5.41) is 33.2. The van der Waals surface area contributed by atoms with Crippen LogP contribution in [0.15, 0.2) is 0 Å². The van der Waals surface area contributed by atoms with Gasteiger partial charge in [-0.1, -0.05) is 155 Å².